The summed E-state index contributed by atoms with van der Waals surface area (Å²) in [5, 5.41) is 3.36. The fourth-order valence-corrected chi connectivity index (χ4v) is 2.88. The summed E-state index contributed by atoms with van der Waals surface area (Å²) in [6, 6.07) is 0. The zero-order chi connectivity index (χ0) is 14.4. The zero-order valence-electron chi connectivity index (χ0n) is 12.3. The van der Waals surface area contributed by atoms with Crippen LogP contribution in [-0.2, 0) is 9.53 Å². The molecule has 0 aliphatic carbocycles. The standard InChI is InChI=1S/C14H25N3O3/c1-2-7-16(10-12-3-5-15-6-4-12)11-13(18)17-8-9-20-14(17)19/h12,15H,2-11H2,1H3. The first-order valence-electron chi connectivity index (χ1n) is 7.61. The highest BCUT2D eigenvalue weighted by Gasteiger charge is 2.29. The fourth-order valence-electron chi connectivity index (χ4n) is 2.88. The lowest BCUT2D eigenvalue weighted by Gasteiger charge is -2.30. The molecule has 2 aliphatic heterocycles. The molecule has 20 heavy (non-hydrogen) atoms. The molecule has 0 atom stereocenters. The van der Waals surface area contributed by atoms with Crippen LogP contribution in [0.3, 0.4) is 0 Å². The molecule has 2 heterocycles. The first-order valence-corrected chi connectivity index (χ1v) is 7.61. The first-order chi connectivity index (χ1) is 9.70. The molecule has 0 aromatic heterocycles. The van der Waals surface area contributed by atoms with Crippen molar-refractivity contribution in [3.8, 4) is 0 Å². The van der Waals surface area contributed by atoms with E-state index >= 15 is 0 Å². The van der Waals surface area contributed by atoms with Crippen LogP contribution in [-0.4, -0.2) is 67.7 Å². The molecule has 2 rings (SSSR count). The van der Waals surface area contributed by atoms with Gasteiger partial charge in [-0.15, -0.1) is 0 Å². The van der Waals surface area contributed by atoms with Crippen molar-refractivity contribution in [1.29, 1.82) is 0 Å². The van der Waals surface area contributed by atoms with Crippen molar-refractivity contribution >= 4 is 12.0 Å². The van der Waals surface area contributed by atoms with Gasteiger partial charge in [-0.3, -0.25) is 9.69 Å². The Morgan fingerprint density at radius 1 is 1.45 bits per heavy atom. The van der Waals surface area contributed by atoms with Crippen molar-refractivity contribution in [2.75, 3.05) is 45.9 Å². The Balaban J connectivity index is 1.84. The summed E-state index contributed by atoms with van der Waals surface area (Å²) in [6.07, 6.45) is 2.86. The molecule has 2 fully saturated rings. The van der Waals surface area contributed by atoms with E-state index < -0.39 is 6.09 Å². The predicted molar refractivity (Wildman–Crippen MR) is 75.4 cm³/mol. The van der Waals surface area contributed by atoms with Crippen LogP contribution in [0.5, 0.6) is 0 Å². The molecule has 6 nitrogen and oxygen atoms in total. The van der Waals surface area contributed by atoms with E-state index in [0.717, 1.165) is 32.6 Å². The monoisotopic (exact) mass is 283 g/mol. The molecule has 1 N–H and O–H groups in total. The van der Waals surface area contributed by atoms with E-state index in [1.807, 2.05) is 0 Å². The summed E-state index contributed by atoms with van der Waals surface area (Å²) in [5.74, 6) is 0.524. The summed E-state index contributed by atoms with van der Waals surface area (Å²) in [7, 11) is 0. The molecular formula is C14H25N3O3. The van der Waals surface area contributed by atoms with Gasteiger partial charge in [0.25, 0.3) is 0 Å². The van der Waals surface area contributed by atoms with E-state index in [1.165, 1.54) is 17.7 Å². The van der Waals surface area contributed by atoms with Crippen LogP contribution in [0.4, 0.5) is 4.79 Å². The highest BCUT2D eigenvalue weighted by molar-refractivity contribution is 5.94. The third kappa shape index (κ3) is 4.18. The highest BCUT2D eigenvalue weighted by atomic mass is 16.6. The minimum absolute atomic E-state index is 0.130. The van der Waals surface area contributed by atoms with E-state index in [1.54, 1.807) is 0 Å². The molecule has 0 aromatic carbocycles. The number of rotatable bonds is 6. The quantitative estimate of drug-likeness (QED) is 0.776. The Morgan fingerprint density at radius 2 is 2.20 bits per heavy atom. The summed E-state index contributed by atoms with van der Waals surface area (Å²) in [5.41, 5.74) is 0. The van der Waals surface area contributed by atoms with Crippen molar-refractivity contribution in [2.24, 2.45) is 5.92 Å². The Hall–Kier alpha value is -1.14. The number of hydrogen-bond donors (Lipinski definition) is 1. The number of nitrogens with one attached hydrogen (secondary N) is 1. The van der Waals surface area contributed by atoms with Crippen LogP contribution in [0, 0.1) is 5.92 Å². The summed E-state index contributed by atoms with van der Waals surface area (Å²) in [4.78, 5) is 27.0. The number of hydrogen-bond acceptors (Lipinski definition) is 5. The van der Waals surface area contributed by atoms with Gasteiger partial charge in [0, 0.05) is 6.54 Å². The van der Waals surface area contributed by atoms with Crippen molar-refractivity contribution in [3.63, 3.8) is 0 Å². The van der Waals surface area contributed by atoms with Gasteiger partial charge in [-0.2, -0.15) is 0 Å². The van der Waals surface area contributed by atoms with Gasteiger partial charge in [-0.25, -0.2) is 9.69 Å². The van der Waals surface area contributed by atoms with Crippen LogP contribution in [0.1, 0.15) is 26.2 Å². The minimum atomic E-state index is -0.492. The van der Waals surface area contributed by atoms with Gasteiger partial charge < -0.3 is 10.1 Å². The average molecular weight is 283 g/mol. The van der Waals surface area contributed by atoms with Gasteiger partial charge in [0.2, 0.25) is 5.91 Å². The molecule has 0 saturated carbocycles. The molecule has 0 bridgehead atoms. The summed E-state index contributed by atoms with van der Waals surface area (Å²) < 4.78 is 4.82. The second-order valence-corrected chi connectivity index (χ2v) is 5.59. The van der Waals surface area contributed by atoms with E-state index in [2.05, 4.69) is 17.1 Å². The molecule has 0 unspecified atom stereocenters. The third-order valence-corrected chi connectivity index (χ3v) is 3.94. The van der Waals surface area contributed by atoms with Gasteiger partial charge in [0.15, 0.2) is 0 Å². The largest absolute Gasteiger partial charge is 0.447 e. The molecule has 0 radical (unpaired) electrons. The summed E-state index contributed by atoms with van der Waals surface area (Å²) >= 11 is 0. The Morgan fingerprint density at radius 3 is 2.80 bits per heavy atom. The number of amides is 2. The molecule has 2 aliphatic rings. The number of imide groups is 1. The van der Waals surface area contributed by atoms with Crippen LogP contribution >= 0.6 is 0 Å². The van der Waals surface area contributed by atoms with Gasteiger partial charge in [-0.1, -0.05) is 6.92 Å². The number of carbonyl (C=O) groups excluding carboxylic acids is 2. The van der Waals surface area contributed by atoms with Gasteiger partial charge >= 0.3 is 6.09 Å². The van der Waals surface area contributed by atoms with E-state index in [4.69, 9.17) is 4.74 Å². The summed E-state index contributed by atoms with van der Waals surface area (Å²) in [6.45, 7) is 7.14. The van der Waals surface area contributed by atoms with E-state index in [0.29, 0.717) is 25.6 Å². The maximum atomic E-state index is 12.2. The maximum Gasteiger partial charge on any atom is 0.416 e. The molecule has 0 aromatic rings. The smallest absolute Gasteiger partial charge is 0.416 e. The topological polar surface area (TPSA) is 61.9 Å². The van der Waals surface area contributed by atoms with Crippen molar-refractivity contribution in [3.05, 3.63) is 0 Å². The predicted octanol–water partition coefficient (Wildman–Crippen LogP) is 0.677. The second-order valence-electron chi connectivity index (χ2n) is 5.59. The molecule has 6 heteroatoms. The zero-order valence-corrected chi connectivity index (χ0v) is 12.3. The Labute approximate surface area is 120 Å². The number of ether oxygens (including phenoxy) is 1. The maximum absolute atomic E-state index is 12.2. The Kier molecular flexibility index (Phi) is 5.79. The lowest BCUT2D eigenvalue weighted by atomic mass is 9.97. The third-order valence-electron chi connectivity index (χ3n) is 3.94. The normalized spacial score (nSPS) is 20.5. The van der Waals surface area contributed by atoms with E-state index in [9.17, 15) is 9.59 Å². The van der Waals surface area contributed by atoms with Crippen molar-refractivity contribution < 1.29 is 14.3 Å². The van der Waals surface area contributed by atoms with Crippen LogP contribution in [0.25, 0.3) is 0 Å². The Bertz CT molecular complexity index is 343. The molecule has 2 saturated heterocycles. The highest BCUT2D eigenvalue weighted by Crippen LogP contribution is 2.14. The van der Waals surface area contributed by atoms with Crippen molar-refractivity contribution in [2.45, 2.75) is 26.2 Å². The van der Waals surface area contributed by atoms with Crippen LogP contribution < -0.4 is 5.32 Å². The molecule has 114 valence electrons. The molecule has 0 spiro atoms. The van der Waals surface area contributed by atoms with Gasteiger partial charge in [-0.05, 0) is 44.8 Å². The van der Waals surface area contributed by atoms with Gasteiger partial charge in [0.1, 0.15) is 6.61 Å². The van der Waals surface area contributed by atoms with Crippen molar-refractivity contribution in [1.82, 2.24) is 15.1 Å². The lowest BCUT2D eigenvalue weighted by molar-refractivity contribution is -0.129. The average Bonchev–Trinajstić information content (AvgIpc) is 2.86. The number of cyclic esters (lactones) is 1. The number of carbonyl (C=O) groups is 2. The van der Waals surface area contributed by atoms with Gasteiger partial charge in [0.05, 0.1) is 13.1 Å². The second kappa shape index (κ2) is 7.59. The van der Waals surface area contributed by atoms with Crippen LogP contribution in [0.2, 0.25) is 0 Å². The minimum Gasteiger partial charge on any atom is -0.447 e. The fraction of sp³-hybridized carbons (Fsp3) is 0.857. The number of nitrogens with zero attached hydrogens (tertiary/aromatic N) is 2. The number of piperidine rings is 1. The SMILES string of the molecule is CCCN(CC(=O)N1CCOC1=O)CC1CCNCC1. The lowest BCUT2D eigenvalue weighted by Crippen LogP contribution is -2.44. The molecule has 2 amide bonds. The first kappa shape index (κ1) is 15.3. The molecular weight excluding hydrogens is 258 g/mol. The van der Waals surface area contributed by atoms with E-state index in [-0.39, 0.29) is 5.91 Å². The van der Waals surface area contributed by atoms with Crippen LogP contribution in [0.15, 0.2) is 0 Å².